The van der Waals surface area contributed by atoms with Crippen LogP contribution in [0.25, 0.3) is 0 Å². The van der Waals surface area contributed by atoms with Crippen molar-refractivity contribution in [1.29, 1.82) is 0 Å². The van der Waals surface area contributed by atoms with Gasteiger partial charge in [-0.05, 0) is 49.7 Å². The molecule has 1 aromatic rings. The van der Waals surface area contributed by atoms with Gasteiger partial charge in [-0.3, -0.25) is 4.90 Å². The van der Waals surface area contributed by atoms with E-state index in [0.717, 1.165) is 12.1 Å². The number of hydrogen-bond acceptors (Lipinski definition) is 2. The van der Waals surface area contributed by atoms with E-state index >= 15 is 0 Å². The third-order valence-corrected chi connectivity index (χ3v) is 5.53. The van der Waals surface area contributed by atoms with Crippen molar-refractivity contribution in [3.8, 4) is 0 Å². The first-order chi connectivity index (χ1) is 9.33. The molecule has 0 amide bonds. The summed E-state index contributed by atoms with van der Waals surface area (Å²) in [6.45, 7) is 0. The molecule has 0 spiro atoms. The van der Waals surface area contributed by atoms with E-state index in [9.17, 15) is 0 Å². The van der Waals surface area contributed by atoms with Gasteiger partial charge >= 0.3 is 0 Å². The van der Waals surface area contributed by atoms with E-state index < -0.39 is 0 Å². The highest BCUT2D eigenvalue weighted by Gasteiger charge is 2.42. The van der Waals surface area contributed by atoms with E-state index in [1.807, 2.05) is 0 Å². The summed E-state index contributed by atoms with van der Waals surface area (Å²) in [5.41, 5.74) is 9.44. The van der Waals surface area contributed by atoms with Gasteiger partial charge in [-0.25, -0.2) is 0 Å². The number of aryl methyl sites for hydroxylation is 1. The van der Waals surface area contributed by atoms with Gasteiger partial charge in [0.1, 0.15) is 0 Å². The fourth-order valence-electron chi connectivity index (χ4n) is 4.81. The fraction of sp³-hybridized carbons (Fsp3) is 0.647. The predicted octanol–water partition coefficient (Wildman–Crippen LogP) is 3.02. The lowest BCUT2D eigenvalue weighted by Gasteiger charge is -2.51. The zero-order chi connectivity index (χ0) is 12.8. The van der Waals surface area contributed by atoms with Crippen LogP contribution in [-0.2, 0) is 6.42 Å². The fourth-order valence-corrected chi connectivity index (χ4v) is 4.81. The average Bonchev–Trinajstić information content (AvgIpc) is 2.81. The normalized spacial score (nSPS) is 38.2. The third kappa shape index (κ3) is 1.93. The van der Waals surface area contributed by atoms with Crippen LogP contribution in [0.15, 0.2) is 24.3 Å². The Hall–Kier alpha value is -0.860. The first kappa shape index (κ1) is 11.9. The lowest BCUT2D eigenvalue weighted by Crippen LogP contribution is -2.56. The molecule has 3 aliphatic rings. The van der Waals surface area contributed by atoms with Gasteiger partial charge in [0.05, 0.1) is 0 Å². The molecule has 2 heterocycles. The Morgan fingerprint density at radius 3 is 2.53 bits per heavy atom. The first-order valence-corrected chi connectivity index (χ1v) is 7.94. The molecule has 2 aliphatic heterocycles. The van der Waals surface area contributed by atoms with Gasteiger partial charge in [-0.15, -0.1) is 0 Å². The number of nitrogens with zero attached hydrogens (tertiary/aromatic N) is 1. The topological polar surface area (TPSA) is 29.3 Å². The molecule has 1 aromatic carbocycles. The molecule has 2 fully saturated rings. The molecule has 0 aromatic heterocycles. The minimum Gasteiger partial charge on any atom is -0.328 e. The Balaban J connectivity index is 1.66. The van der Waals surface area contributed by atoms with E-state index in [2.05, 4.69) is 29.2 Å². The second-order valence-electron chi connectivity index (χ2n) is 6.67. The SMILES string of the molecule is NC1CC2CCCC(C1)N2C1CCc2ccccc21. The number of rotatable bonds is 1. The van der Waals surface area contributed by atoms with E-state index in [1.165, 1.54) is 44.9 Å². The Labute approximate surface area is 116 Å². The van der Waals surface area contributed by atoms with Crippen LogP contribution in [0.1, 0.15) is 55.7 Å². The van der Waals surface area contributed by atoms with Gasteiger partial charge in [-0.1, -0.05) is 30.7 Å². The molecule has 3 unspecified atom stereocenters. The Morgan fingerprint density at radius 2 is 1.74 bits per heavy atom. The molecule has 0 radical (unpaired) electrons. The molecule has 0 saturated carbocycles. The van der Waals surface area contributed by atoms with Crippen LogP contribution in [0.5, 0.6) is 0 Å². The molecule has 3 atom stereocenters. The van der Waals surface area contributed by atoms with Gasteiger partial charge in [0.2, 0.25) is 0 Å². The van der Waals surface area contributed by atoms with Crippen LogP contribution in [-0.4, -0.2) is 23.0 Å². The van der Waals surface area contributed by atoms with Crippen molar-refractivity contribution >= 4 is 0 Å². The summed E-state index contributed by atoms with van der Waals surface area (Å²) >= 11 is 0. The van der Waals surface area contributed by atoms with Crippen LogP contribution < -0.4 is 5.73 Å². The summed E-state index contributed by atoms with van der Waals surface area (Å²) in [6.07, 6.45) is 9.16. The summed E-state index contributed by atoms with van der Waals surface area (Å²) in [5.74, 6) is 0. The van der Waals surface area contributed by atoms with Gasteiger partial charge in [0, 0.05) is 24.2 Å². The Morgan fingerprint density at radius 1 is 1.00 bits per heavy atom. The monoisotopic (exact) mass is 256 g/mol. The second-order valence-corrected chi connectivity index (χ2v) is 6.67. The Bertz CT molecular complexity index is 456. The van der Waals surface area contributed by atoms with Crippen LogP contribution in [0.2, 0.25) is 0 Å². The van der Waals surface area contributed by atoms with Crippen molar-refractivity contribution in [2.45, 2.75) is 69.1 Å². The van der Waals surface area contributed by atoms with Crippen molar-refractivity contribution in [2.24, 2.45) is 5.73 Å². The minimum atomic E-state index is 0.447. The van der Waals surface area contributed by atoms with Gasteiger partial charge < -0.3 is 5.73 Å². The zero-order valence-electron chi connectivity index (χ0n) is 11.6. The standard InChI is InChI=1S/C17H24N2/c18-13-10-14-5-3-6-15(11-13)19(14)17-9-8-12-4-1-2-7-16(12)17/h1-2,4,7,13-15,17H,3,5-6,8-11,18H2. The molecule has 1 aliphatic carbocycles. The lowest BCUT2D eigenvalue weighted by atomic mass is 9.80. The molecule has 19 heavy (non-hydrogen) atoms. The highest BCUT2D eigenvalue weighted by molar-refractivity contribution is 5.35. The minimum absolute atomic E-state index is 0.447. The maximum absolute atomic E-state index is 6.25. The molecular weight excluding hydrogens is 232 g/mol. The van der Waals surface area contributed by atoms with E-state index in [1.54, 1.807) is 11.1 Å². The smallest absolute Gasteiger partial charge is 0.0359 e. The summed E-state index contributed by atoms with van der Waals surface area (Å²) in [5, 5.41) is 0. The van der Waals surface area contributed by atoms with Gasteiger partial charge in [0.15, 0.2) is 0 Å². The number of hydrogen-bond donors (Lipinski definition) is 1. The molecule has 2 nitrogen and oxygen atoms in total. The van der Waals surface area contributed by atoms with Crippen molar-refractivity contribution in [3.63, 3.8) is 0 Å². The van der Waals surface area contributed by atoms with E-state index in [0.29, 0.717) is 12.1 Å². The first-order valence-electron chi connectivity index (χ1n) is 7.94. The quantitative estimate of drug-likeness (QED) is 0.837. The summed E-state index contributed by atoms with van der Waals surface area (Å²) < 4.78 is 0. The van der Waals surface area contributed by atoms with E-state index in [4.69, 9.17) is 5.73 Å². The van der Waals surface area contributed by atoms with E-state index in [-0.39, 0.29) is 0 Å². The van der Waals surface area contributed by atoms with Crippen LogP contribution >= 0.6 is 0 Å². The molecule has 102 valence electrons. The molecule has 2 N–H and O–H groups in total. The highest BCUT2D eigenvalue weighted by Crippen LogP contribution is 2.44. The number of fused-ring (bicyclic) bond motifs is 3. The average molecular weight is 256 g/mol. The third-order valence-electron chi connectivity index (χ3n) is 5.53. The van der Waals surface area contributed by atoms with Crippen molar-refractivity contribution in [2.75, 3.05) is 0 Å². The summed E-state index contributed by atoms with van der Waals surface area (Å²) in [7, 11) is 0. The van der Waals surface area contributed by atoms with Crippen LogP contribution in [0.3, 0.4) is 0 Å². The van der Waals surface area contributed by atoms with Gasteiger partial charge in [0.25, 0.3) is 0 Å². The van der Waals surface area contributed by atoms with Crippen molar-refractivity contribution < 1.29 is 0 Å². The summed E-state index contributed by atoms with van der Waals surface area (Å²) in [4.78, 5) is 2.86. The molecule has 2 bridgehead atoms. The zero-order valence-corrected chi connectivity index (χ0v) is 11.6. The molecule has 2 saturated heterocycles. The second kappa shape index (κ2) is 4.60. The highest BCUT2D eigenvalue weighted by atomic mass is 15.2. The molecular formula is C17H24N2. The number of nitrogens with two attached hydrogens (primary N) is 1. The van der Waals surface area contributed by atoms with Crippen LogP contribution in [0.4, 0.5) is 0 Å². The maximum atomic E-state index is 6.25. The van der Waals surface area contributed by atoms with Crippen molar-refractivity contribution in [3.05, 3.63) is 35.4 Å². The lowest BCUT2D eigenvalue weighted by molar-refractivity contribution is -0.00595. The molecule has 2 heteroatoms. The van der Waals surface area contributed by atoms with Crippen molar-refractivity contribution in [1.82, 2.24) is 4.90 Å². The predicted molar refractivity (Wildman–Crippen MR) is 78.0 cm³/mol. The number of benzene rings is 1. The van der Waals surface area contributed by atoms with Gasteiger partial charge in [-0.2, -0.15) is 0 Å². The Kier molecular flexibility index (Phi) is 2.89. The largest absolute Gasteiger partial charge is 0.328 e. The maximum Gasteiger partial charge on any atom is 0.0359 e. The van der Waals surface area contributed by atoms with Crippen LogP contribution in [0, 0.1) is 0 Å². The number of piperidine rings is 2. The molecule has 4 rings (SSSR count). The summed E-state index contributed by atoms with van der Waals surface area (Å²) in [6, 6.07) is 11.7.